The van der Waals surface area contributed by atoms with Crippen LogP contribution in [-0.4, -0.2) is 24.5 Å². The van der Waals surface area contributed by atoms with Crippen molar-refractivity contribution in [1.82, 2.24) is 10.2 Å². The number of benzene rings is 1. The fourth-order valence-corrected chi connectivity index (χ4v) is 2.48. The molecule has 0 aliphatic heterocycles. The standard InChI is InChI=1S/C17H21BrN2O2/c1-12-10-15(13(2)22-12)11-19-17(21)20(3)9-8-14-4-6-16(18)7-5-14/h4-7,10H,8-9,11H2,1-3H3,(H,19,21). The molecule has 2 amide bonds. The molecular formula is C17H21BrN2O2. The van der Waals surface area contributed by atoms with E-state index in [-0.39, 0.29) is 6.03 Å². The van der Waals surface area contributed by atoms with E-state index in [0.717, 1.165) is 28.0 Å². The van der Waals surface area contributed by atoms with Crippen molar-refractivity contribution in [3.05, 3.63) is 57.5 Å². The Bertz CT molecular complexity index is 635. The zero-order valence-electron chi connectivity index (χ0n) is 13.1. The summed E-state index contributed by atoms with van der Waals surface area (Å²) in [7, 11) is 1.81. The van der Waals surface area contributed by atoms with Gasteiger partial charge in [-0.05, 0) is 44.0 Å². The normalized spacial score (nSPS) is 10.5. The number of likely N-dealkylation sites (N-methyl/N-ethyl adjacent to an activating group) is 1. The molecule has 118 valence electrons. The van der Waals surface area contributed by atoms with Crippen molar-refractivity contribution in [2.75, 3.05) is 13.6 Å². The van der Waals surface area contributed by atoms with Crippen molar-refractivity contribution in [3.8, 4) is 0 Å². The summed E-state index contributed by atoms with van der Waals surface area (Å²) in [6, 6.07) is 10.0. The highest BCUT2D eigenvalue weighted by molar-refractivity contribution is 9.10. The number of hydrogen-bond acceptors (Lipinski definition) is 2. The monoisotopic (exact) mass is 364 g/mol. The molecule has 0 fully saturated rings. The summed E-state index contributed by atoms with van der Waals surface area (Å²) in [6.07, 6.45) is 0.834. The molecule has 0 unspecified atom stereocenters. The number of aryl methyl sites for hydroxylation is 2. The fraction of sp³-hybridized carbons (Fsp3) is 0.353. The van der Waals surface area contributed by atoms with Gasteiger partial charge in [-0.25, -0.2) is 4.79 Å². The first-order valence-electron chi connectivity index (χ1n) is 7.25. The third-order valence-electron chi connectivity index (χ3n) is 3.57. The van der Waals surface area contributed by atoms with Crippen molar-refractivity contribution in [2.24, 2.45) is 0 Å². The van der Waals surface area contributed by atoms with Crippen molar-refractivity contribution < 1.29 is 9.21 Å². The molecule has 4 nitrogen and oxygen atoms in total. The average Bonchev–Trinajstić information content (AvgIpc) is 2.81. The minimum atomic E-state index is -0.0737. The van der Waals surface area contributed by atoms with Gasteiger partial charge >= 0.3 is 6.03 Å². The van der Waals surface area contributed by atoms with Gasteiger partial charge in [0.15, 0.2) is 0 Å². The van der Waals surface area contributed by atoms with Crippen LogP contribution in [0.2, 0.25) is 0 Å². The molecule has 1 N–H and O–H groups in total. The first kappa shape index (κ1) is 16.6. The minimum Gasteiger partial charge on any atom is -0.466 e. The van der Waals surface area contributed by atoms with Crippen LogP contribution >= 0.6 is 15.9 Å². The summed E-state index contributed by atoms with van der Waals surface area (Å²) < 4.78 is 6.52. The van der Waals surface area contributed by atoms with Crippen molar-refractivity contribution >= 4 is 22.0 Å². The summed E-state index contributed by atoms with van der Waals surface area (Å²) in [5, 5.41) is 2.92. The lowest BCUT2D eigenvalue weighted by atomic mass is 10.1. The Labute approximate surface area is 139 Å². The molecule has 0 aliphatic rings. The van der Waals surface area contributed by atoms with E-state index in [4.69, 9.17) is 4.42 Å². The van der Waals surface area contributed by atoms with Crippen molar-refractivity contribution in [1.29, 1.82) is 0 Å². The zero-order valence-corrected chi connectivity index (χ0v) is 14.7. The number of rotatable bonds is 5. The van der Waals surface area contributed by atoms with Crippen molar-refractivity contribution in [2.45, 2.75) is 26.8 Å². The molecule has 0 saturated carbocycles. The van der Waals surface area contributed by atoms with Gasteiger partial charge in [-0.3, -0.25) is 0 Å². The average molecular weight is 365 g/mol. The van der Waals surface area contributed by atoms with Gasteiger partial charge in [-0.15, -0.1) is 0 Å². The Balaban J connectivity index is 1.79. The van der Waals surface area contributed by atoms with Gasteiger partial charge in [0.25, 0.3) is 0 Å². The first-order chi connectivity index (χ1) is 10.5. The number of amides is 2. The molecule has 1 aromatic carbocycles. The minimum absolute atomic E-state index is 0.0737. The van der Waals surface area contributed by atoms with Crippen LogP contribution in [0.3, 0.4) is 0 Å². The van der Waals surface area contributed by atoms with Crippen LogP contribution in [-0.2, 0) is 13.0 Å². The second-order valence-corrected chi connectivity index (χ2v) is 6.31. The predicted octanol–water partition coefficient (Wildman–Crippen LogP) is 4.04. The number of furan rings is 1. The van der Waals surface area contributed by atoms with E-state index in [2.05, 4.69) is 33.4 Å². The van der Waals surface area contributed by atoms with Crippen LogP contribution in [0.1, 0.15) is 22.6 Å². The molecule has 1 heterocycles. The Morgan fingerprint density at radius 1 is 1.27 bits per heavy atom. The quantitative estimate of drug-likeness (QED) is 0.869. The molecule has 0 saturated heterocycles. The Kier molecular flexibility index (Phi) is 5.66. The van der Waals surface area contributed by atoms with E-state index in [1.54, 1.807) is 4.90 Å². The Morgan fingerprint density at radius 3 is 2.55 bits per heavy atom. The third-order valence-corrected chi connectivity index (χ3v) is 4.10. The predicted molar refractivity (Wildman–Crippen MR) is 90.9 cm³/mol. The van der Waals surface area contributed by atoms with Gasteiger partial charge in [0, 0.05) is 30.2 Å². The molecule has 0 spiro atoms. The van der Waals surface area contributed by atoms with Crippen LogP contribution in [0.15, 0.2) is 39.2 Å². The van der Waals surface area contributed by atoms with E-state index in [1.807, 2.05) is 39.1 Å². The van der Waals surface area contributed by atoms with Crippen LogP contribution in [0.4, 0.5) is 4.79 Å². The van der Waals surface area contributed by atoms with Crippen LogP contribution < -0.4 is 5.32 Å². The smallest absolute Gasteiger partial charge is 0.317 e. The summed E-state index contributed by atoms with van der Waals surface area (Å²) in [6.45, 7) is 4.98. The first-order valence-corrected chi connectivity index (χ1v) is 8.04. The lowest BCUT2D eigenvalue weighted by Crippen LogP contribution is -2.38. The van der Waals surface area contributed by atoms with E-state index >= 15 is 0 Å². The summed E-state index contributed by atoms with van der Waals surface area (Å²) >= 11 is 3.42. The molecule has 2 rings (SSSR count). The lowest BCUT2D eigenvalue weighted by Gasteiger charge is -2.18. The van der Waals surface area contributed by atoms with E-state index in [0.29, 0.717) is 13.1 Å². The largest absolute Gasteiger partial charge is 0.466 e. The number of nitrogens with one attached hydrogen (secondary N) is 1. The number of nitrogens with zero attached hydrogens (tertiary/aromatic N) is 1. The second kappa shape index (κ2) is 7.49. The molecule has 0 aliphatic carbocycles. The molecular weight excluding hydrogens is 344 g/mol. The van der Waals surface area contributed by atoms with Crippen molar-refractivity contribution in [3.63, 3.8) is 0 Å². The maximum Gasteiger partial charge on any atom is 0.317 e. The molecule has 0 atom stereocenters. The maximum atomic E-state index is 12.1. The van der Waals surface area contributed by atoms with Crippen LogP contribution in [0.5, 0.6) is 0 Å². The molecule has 0 bridgehead atoms. The van der Waals surface area contributed by atoms with Gasteiger partial charge in [0.05, 0.1) is 0 Å². The number of halogens is 1. The molecule has 5 heteroatoms. The van der Waals surface area contributed by atoms with Gasteiger partial charge in [0.1, 0.15) is 11.5 Å². The van der Waals surface area contributed by atoms with E-state index in [1.165, 1.54) is 5.56 Å². The van der Waals surface area contributed by atoms with Gasteiger partial charge in [-0.1, -0.05) is 28.1 Å². The van der Waals surface area contributed by atoms with E-state index in [9.17, 15) is 4.79 Å². The van der Waals surface area contributed by atoms with Crippen LogP contribution in [0.25, 0.3) is 0 Å². The molecule has 0 radical (unpaired) electrons. The number of urea groups is 1. The third kappa shape index (κ3) is 4.63. The summed E-state index contributed by atoms with van der Waals surface area (Å²) in [5.41, 5.74) is 2.23. The Morgan fingerprint density at radius 2 is 1.95 bits per heavy atom. The lowest BCUT2D eigenvalue weighted by molar-refractivity contribution is 0.209. The highest BCUT2D eigenvalue weighted by atomic mass is 79.9. The highest BCUT2D eigenvalue weighted by Gasteiger charge is 2.10. The summed E-state index contributed by atoms with van der Waals surface area (Å²) in [5.74, 6) is 1.72. The zero-order chi connectivity index (χ0) is 16.1. The number of hydrogen-bond donors (Lipinski definition) is 1. The van der Waals surface area contributed by atoms with E-state index < -0.39 is 0 Å². The second-order valence-electron chi connectivity index (χ2n) is 5.40. The Hall–Kier alpha value is -1.75. The molecule has 22 heavy (non-hydrogen) atoms. The fourth-order valence-electron chi connectivity index (χ4n) is 2.21. The number of carbonyl (C=O) groups is 1. The summed E-state index contributed by atoms with van der Waals surface area (Å²) in [4.78, 5) is 13.8. The van der Waals surface area contributed by atoms with Gasteiger partial charge in [-0.2, -0.15) is 0 Å². The highest BCUT2D eigenvalue weighted by Crippen LogP contribution is 2.13. The topological polar surface area (TPSA) is 45.5 Å². The van der Waals surface area contributed by atoms with Gasteiger partial charge in [0.2, 0.25) is 0 Å². The molecule has 2 aromatic rings. The van der Waals surface area contributed by atoms with Gasteiger partial charge < -0.3 is 14.6 Å². The van der Waals surface area contributed by atoms with Crippen LogP contribution in [0, 0.1) is 13.8 Å². The molecule has 1 aromatic heterocycles. The number of carbonyl (C=O) groups excluding carboxylic acids is 1. The SMILES string of the molecule is Cc1cc(CNC(=O)N(C)CCc2ccc(Br)cc2)c(C)o1. The maximum absolute atomic E-state index is 12.1.